The maximum Gasteiger partial charge on any atom is 0.339 e. The maximum atomic E-state index is 12.7. The fourth-order valence-corrected chi connectivity index (χ4v) is 2.91. The molecule has 28 heavy (non-hydrogen) atoms. The van der Waals surface area contributed by atoms with Gasteiger partial charge in [-0.1, -0.05) is 45.7 Å². The molecule has 0 amide bonds. The van der Waals surface area contributed by atoms with Gasteiger partial charge in [-0.25, -0.2) is 4.79 Å². The molecule has 0 unspecified atom stereocenters. The molecule has 0 saturated heterocycles. The summed E-state index contributed by atoms with van der Waals surface area (Å²) in [6.07, 6.45) is 0. The van der Waals surface area contributed by atoms with Crippen LogP contribution in [0.15, 0.2) is 77.3 Å². The van der Waals surface area contributed by atoms with Crippen LogP contribution in [0.2, 0.25) is 5.02 Å². The van der Waals surface area contributed by atoms with Crippen molar-refractivity contribution in [2.75, 3.05) is 13.2 Å². The minimum absolute atomic E-state index is 0.0678. The highest BCUT2D eigenvalue weighted by Gasteiger charge is 2.19. The third-order valence-electron chi connectivity index (χ3n) is 3.90. The number of hydrogen-bond donors (Lipinski definition) is 0. The summed E-state index contributed by atoms with van der Waals surface area (Å²) in [6.45, 7) is 0.277. The molecule has 0 radical (unpaired) electrons. The lowest BCUT2D eigenvalue weighted by molar-refractivity contribution is 0.0448. The van der Waals surface area contributed by atoms with Crippen LogP contribution >= 0.6 is 27.5 Å². The van der Waals surface area contributed by atoms with Crippen molar-refractivity contribution in [1.82, 2.24) is 0 Å². The normalized spacial score (nSPS) is 10.4. The van der Waals surface area contributed by atoms with Crippen LogP contribution in [0, 0.1) is 0 Å². The van der Waals surface area contributed by atoms with Crippen LogP contribution in [0.1, 0.15) is 26.3 Å². The van der Waals surface area contributed by atoms with Gasteiger partial charge in [0.15, 0.2) is 5.78 Å². The summed E-state index contributed by atoms with van der Waals surface area (Å²) in [5.41, 5.74) is 0.943. The summed E-state index contributed by atoms with van der Waals surface area (Å²) in [5.74, 6) is -0.162. The third-order valence-corrected chi connectivity index (χ3v) is 4.68. The van der Waals surface area contributed by atoms with Crippen LogP contribution in [0.25, 0.3) is 0 Å². The number of hydrogen-bond acceptors (Lipinski definition) is 4. The van der Waals surface area contributed by atoms with Crippen LogP contribution < -0.4 is 4.74 Å². The number of ether oxygens (including phenoxy) is 2. The van der Waals surface area contributed by atoms with E-state index < -0.39 is 5.97 Å². The molecule has 0 heterocycles. The van der Waals surface area contributed by atoms with E-state index in [1.54, 1.807) is 48.5 Å². The first-order valence-electron chi connectivity index (χ1n) is 8.49. The van der Waals surface area contributed by atoms with Crippen LogP contribution in [-0.2, 0) is 4.74 Å². The molecule has 6 heteroatoms. The van der Waals surface area contributed by atoms with Gasteiger partial charge in [-0.15, -0.1) is 0 Å². The highest BCUT2D eigenvalue weighted by atomic mass is 79.9. The summed E-state index contributed by atoms with van der Waals surface area (Å²) >= 11 is 9.22. The molecule has 0 bridgehead atoms. The van der Waals surface area contributed by atoms with Gasteiger partial charge in [-0.3, -0.25) is 4.79 Å². The van der Waals surface area contributed by atoms with Gasteiger partial charge in [0.25, 0.3) is 0 Å². The monoisotopic (exact) mass is 458 g/mol. The zero-order valence-corrected chi connectivity index (χ0v) is 17.1. The standard InChI is InChI=1S/C22H16BrClO4/c23-16-7-11-18(12-8-16)27-13-14-28-22(26)20-4-2-1-3-19(20)21(25)15-5-9-17(24)10-6-15/h1-12H,13-14H2. The van der Waals surface area contributed by atoms with Crippen molar-refractivity contribution in [2.24, 2.45) is 0 Å². The van der Waals surface area contributed by atoms with Crippen molar-refractivity contribution < 1.29 is 19.1 Å². The molecular formula is C22H16BrClO4. The molecule has 0 N–H and O–H groups in total. The Balaban J connectivity index is 1.63. The average molecular weight is 460 g/mol. The SMILES string of the molecule is O=C(OCCOc1ccc(Br)cc1)c1ccccc1C(=O)c1ccc(Cl)cc1. The van der Waals surface area contributed by atoms with E-state index in [1.165, 1.54) is 0 Å². The quantitative estimate of drug-likeness (QED) is 0.263. The summed E-state index contributed by atoms with van der Waals surface area (Å²) in [4.78, 5) is 25.2. The van der Waals surface area contributed by atoms with E-state index in [-0.39, 0.29) is 30.1 Å². The predicted molar refractivity (Wildman–Crippen MR) is 111 cm³/mol. The fraction of sp³-hybridized carbons (Fsp3) is 0.0909. The molecule has 4 nitrogen and oxygen atoms in total. The lowest BCUT2D eigenvalue weighted by Crippen LogP contribution is -2.16. The van der Waals surface area contributed by atoms with Crippen molar-refractivity contribution in [3.63, 3.8) is 0 Å². The Morgan fingerprint density at radius 1 is 0.821 bits per heavy atom. The minimum Gasteiger partial charge on any atom is -0.490 e. The van der Waals surface area contributed by atoms with E-state index in [9.17, 15) is 9.59 Å². The molecule has 3 aromatic carbocycles. The number of ketones is 1. The number of esters is 1. The number of carbonyl (C=O) groups is 2. The number of benzene rings is 3. The Morgan fingerprint density at radius 3 is 2.14 bits per heavy atom. The topological polar surface area (TPSA) is 52.6 Å². The molecular weight excluding hydrogens is 444 g/mol. The third kappa shape index (κ3) is 5.21. The van der Waals surface area contributed by atoms with E-state index >= 15 is 0 Å². The first kappa shape index (κ1) is 20.1. The second-order valence-corrected chi connectivity index (χ2v) is 7.17. The zero-order valence-electron chi connectivity index (χ0n) is 14.7. The van der Waals surface area contributed by atoms with E-state index in [1.807, 2.05) is 24.3 Å². The Labute approximate surface area is 176 Å². The molecule has 0 atom stereocenters. The maximum absolute atomic E-state index is 12.7. The van der Waals surface area contributed by atoms with Crippen LogP contribution in [0.3, 0.4) is 0 Å². The molecule has 0 saturated carbocycles. The summed E-state index contributed by atoms with van der Waals surface area (Å²) in [5, 5.41) is 0.537. The molecule has 0 aromatic heterocycles. The first-order valence-corrected chi connectivity index (χ1v) is 9.66. The largest absolute Gasteiger partial charge is 0.490 e. The Kier molecular flexibility index (Phi) is 6.85. The Hall–Kier alpha value is -2.63. The number of rotatable bonds is 7. The van der Waals surface area contributed by atoms with Gasteiger partial charge in [0.05, 0.1) is 5.56 Å². The Bertz CT molecular complexity index is 969. The fourth-order valence-electron chi connectivity index (χ4n) is 2.52. The predicted octanol–water partition coefficient (Wildman–Crippen LogP) is 5.57. The van der Waals surface area contributed by atoms with Crippen LogP contribution in [-0.4, -0.2) is 25.0 Å². The zero-order chi connectivity index (χ0) is 19.9. The van der Waals surface area contributed by atoms with Crippen molar-refractivity contribution in [3.8, 4) is 5.75 Å². The second-order valence-electron chi connectivity index (χ2n) is 5.82. The lowest BCUT2D eigenvalue weighted by atomic mass is 9.98. The molecule has 0 fully saturated rings. The highest BCUT2D eigenvalue weighted by Crippen LogP contribution is 2.18. The van der Waals surface area contributed by atoms with Gasteiger partial charge in [0, 0.05) is 20.6 Å². The summed E-state index contributed by atoms with van der Waals surface area (Å²) < 4.78 is 11.8. The molecule has 3 aromatic rings. The van der Waals surface area contributed by atoms with E-state index in [4.69, 9.17) is 21.1 Å². The van der Waals surface area contributed by atoms with Gasteiger partial charge >= 0.3 is 5.97 Å². The minimum atomic E-state index is -0.572. The van der Waals surface area contributed by atoms with Crippen molar-refractivity contribution in [1.29, 1.82) is 0 Å². The molecule has 0 aliphatic rings. The van der Waals surface area contributed by atoms with E-state index in [2.05, 4.69) is 15.9 Å². The highest BCUT2D eigenvalue weighted by molar-refractivity contribution is 9.10. The van der Waals surface area contributed by atoms with Gasteiger partial charge in [0.1, 0.15) is 19.0 Å². The van der Waals surface area contributed by atoms with E-state index in [0.29, 0.717) is 16.3 Å². The van der Waals surface area contributed by atoms with Gasteiger partial charge in [-0.05, 0) is 54.6 Å². The second kappa shape index (κ2) is 9.53. The Morgan fingerprint density at radius 2 is 1.46 bits per heavy atom. The first-order chi connectivity index (χ1) is 13.5. The molecule has 142 valence electrons. The summed E-state index contributed by atoms with van der Waals surface area (Å²) in [7, 11) is 0. The lowest BCUT2D eigenvalue weighted by Gasteiger charge is -2.10. The van der Waals surface area contributed by atoms with Gasteiger partial charge in [-0.2, -0.15) is 0 Å². The molecule has 0 aliphatic heterocycles. The molecule has 0 aliphatic carbocycles. The molecule has 3 rings (SSSR count). The van der Waals surface area contributed by atoms with Crippen molar-refractivity contribution >= 4 is 39.3 Å². The number of halogens is 2. The van der Waals surface area contributed by atoms with Crippen LogP contribution in [0.4, 0.5) is 0 Å². The van der Waals surface area contributed by atoms with Gasteiger partial charge in [0.2, 0.25) is 0 Å². The molecule has 0 spiro atoms. The van der Waals surface area contributed by atoms with Gasteiger partial charge < -0.3 is 9.47 Å². The summed E-state index contributed by atoms with van der Waals surface area (Å²) in [6, 6.07) is 20.4. The average Bonchev–Trinajstić information content (AvgIpc) is 2.72. The van der Waals surface area contributed by atoms with Crippen LogP contribution in [0.5, 0.6) is 5.75 Å². The number of carbonyl (C=O) groups excluding carboxylic acids is 2. The van der Waals surface area contributed by atoms with E-state index in [0.717, 1.165) is 4.47 Å². The van der Waals surface area contributed by atoms with Crippen molar-refractivity contribution in [2.45, 2.75) is 0 Å². The smallest absolute Gasteiger partial charge is 0.339 e. The van der Waals surface area contributed by atoms with Crippen molar-refractivity contribution in [3.05, 3.63) is 99.0 Å².